The Labute approximate surface area is 139 Å². The van der Waals surface area contributed by atoms with E-state index < -0.39 is 0 Å². The van der Waals surface area contributed by atoms with Crippen molar-refractivity contribution in [1.29, 1.82) is 0 Å². The summed E-state index contributed by atoms with van der Waals surface area (Å²) in [5.41, 5.74) is 1.56. The Kier molecular flexibility index (Phi) is 3.82. The van der Waals surface area contributed by atoms with Gasteiger partial charge in [0.2, 0.25) is 0 Å². The molecule has 1 aliphatic heterocycles. The summed E-state index contributed by atoms with van der Waals surface area (Å²) < 4.78 is 1.79. The van der Waals surface area contributed by atoms with Gasteiger partial charge in [0.15, 0.2) is 0 Å². The van der Waals surface area contributed by atoms with Crippen molar-refractivity contribution in [3.05, 3.63) is 60.7 Å². The molecule has 1 saturated heterocycles. The molecule has 7 nitrogen and oxygen atoms in total. The Morgan fingerprint density at radius 3 is 2.92 bits per heavy atom. The van der Waals surface area contributed by atoms with E-state index in [4.69, 9.17) is 0 Å². The number of carbonyl (C=O) groups excluding carboxylic acids is 1. The third kappa shape index (κ3) is 2.80. The summed E-state index contributed by atoms with van der Waals surface area (Å²) in [7, 11) is 0. The van der Waals surface area contributed by atoms with E-state index in [0.29, 0.717) is 12.1 Å². The van der Waals surface area contributed by atoms with Crippen LogP contribution in [0.3, 0.4) is 0 Å². The summed E-state index contributed by atoms with van der Waals surface area (Å²) in [6, 6.07) is 7.55. The number of nitrogens with zero attached hydrogens (tertiary/aromatic N) is 5. The summed E-state index contributed by atoms with van der Waals surface area (Å²) >= 11 is 0. The molecule has 1 aliphatic rings. The second kappa shape index (κ2) is 6.27. The minimum absolute atomic E-state index is 0.0566. The molecule has 7 heteroatoms. The van der Waals surface area contributed by atoms with E-state index in [-0.39, 0.29) is 11.8 Å². The predicted molar refractivity (Wildman–Crippen MR) is 87.8 cm³/mol. The molecule has 122 valence electrons. The van der Waals surface area contributed by atoms with Crippen LogP contribution in [-0.2, 0) is 0 Å². The highest BCUT2D eigenvalue weighted by atomic mass is 16.2. The third-order valence-corrected chi connectivity index (χ3v) is 4.42. The highest BCUT2D eigenvalue weighted by Gasteiger charge is 2.26. The van der Waals surface area contributed by atoms with Gasteiger partial charge in [0.25, 0.3) is 5.91 Å². The first-order valence-corrected chi connectivity index (χ1v) is 8.05. The summed E-state index contributed by atoms with van der Waals surface area (Å²) in [5, 5.41) is 7.62. The van der Waals surface area contributed by atoms with Gasteiger partial charge in [-0.25, -0.2) is 4.98 Å². The van der Waals surface area contributed by atoms with Crippen molar-refractivity contribution in [2.45, 2.75) is 18.8 Å². The van der Waals surface area contributed by atoms with Gasteiger partial charge in [-0.3, -0.25) is 9.36 Å². The zero-order valence-corrected chi connectivity index (χ0v) is 13.2. The van der Waals surface area contributed by atoms with Gasteiger partial charge >= 0.3 is 0 Å². The molecule has 1 amide bonds. The van der Waals surface area contributed by atoms with Crippen LogP contribution in [0.2, 0.25) is 0 Å². The van der Waals surface area contributed by atoms with Crippen LogP contribution >= 0.6 is 0 Å². The number of amides is 1. The highest BCUT2D eigenvalue weighted by molar-refractivity contribution is 5.94. The third-order valence-electron chi connectivity index (χ3n) is 4.42. The summed E-state index contributed by atoms with van der Waals surface area (Å²) in [5.74, 6) is 1.30. The van der Waals surface area contributed by atoms with E-state index in [9.17, 15) is 4.79 Å². The van der Waals surface area contributed by atoms with E-state index in [1.54, 1.807) is 23.4 Å². The number of aromatic nitrogens is 5. The molecule has 3 aromatic rings. The van der Waals surface area contributed by atoms with Crippen molar-refractivity contribution in [2.75, 3.05) is 13.1 Å². The number of H-pyrrole nitrogens is 1. The lowest BCUT2D eigenvalue weighted by atomic mass is 9.96. The van der Waals surface area contributed by atoms with E-state index >= 15 is 0 Å². The topological polar surface area (TPSA) is 79.7 Å². The van der Waals surface area contributed by atoms with E-state index in [1.165, 1.54) is 0 Å². The number of benzene rings is 1. The van der Waals surface area contributed by atoms with Gasteiger partial charge < -0.3 is 9.88 Å². The van der Waals surface area contributed by atoms with E-state index in [0.717, 1.165) is 30.9 Å². The lowest BCUT2D eigenvalue weighted by Gasteiger charge is -2.32. The maximum absolute atomic E-state index is 12.9. The quantitative estimate of drug-likeness (QED) is 0.800. The fourth-order valence-electron chi connectivity index (χ4n) is 3.20. The van der Waals surface area contributed by atoms with E-state index in [1.807, 2.05) is 35.4 Å². The minimum atomic E-state index is 0.0566. The normalized spacial score (nSPS) is 17.8. The van der Waals surface area contributed by atoms with Crippen LogP contribution in [0.25, 0.3) is 5.69 Å². The number of hydrogen-bond acceptors (Lipinski definition) is 4. The molecule has 24 heavy (non-hydrogen) atoms. The van der Waals surface area contributed by atoms with Crippen molar-refractivity contribution >= 4 is 5.91 Å². The predicted octanol–water partition coefficient (Wildman–Crippen LogP) is 2.01. The van der Waals surface area contributed by atoms with E-state index in [2.05, 4.69) is 20.2 Å². The number of hydrogen-bond donors (Lipinski definition) is 1. The molecule has 1 unspecified atom stereocenters. The number of piperidine rings is 1. The Morgan fingerprint density at radius 2 is 2.12 bits per heavy atom. The van der Waals surface area contributed by atoms with Crippen molar-refractivity contribution in [2.24, 2.45) is 0 Å². The van der Waals surface area contributed by atoms with Crippen LogP contribution in [0.15, 0.2) is 49.3 Å². The van der Waals surface area contributed by atoms with Crippen LogP contribution in [-0.4, -0.2) is 48.6 Å². The number of carbonyl (C=O) groups is 1. The average Bonchev–Trinajstić information content (AvgIpc) is 3.35. The fourth-order valence-corrected chi connectivity index (χ4v) is 3.20. The molecule has 0 saturated carbocycles. The summed E-state index contributed by atoms with van der Waals surface area (Å²) in [4.78, 5) is 22.3. The summed E-state index contributed by atoms with van der Waals surface area (Å²) in [6.45, 7) is 1.48. The highest BCUT2D eigenvalue weighted by Crippen LogP contribution is 2.25. The number of nitrogens with one attached hydrogen (secondary N) is 1. The van der Waals surface area contributed by atoms with Crippen LogP contribution in [0, 0.1) is 0 Å². The SMILES string of the molecule is O=C(c1cccc(-n2cnnc2)c1)N1CCCC(c2ncc[nH]2)C1. The molecule has 3 heterocycles. The van der Waals surface area contributed by atoms with Crippen molar-refractivity contribution in [1.82, 2.24) is 29.6 Å². The van der Waals surface area contributed by atoms with Gasteiger partial charge in [0, 0.05) is 42.7 Å². The first-order chi connectivity index (χ1) is 11.8. The number of imidazole rings is 1. The maximum Gasteiger partial charge on any atom is 0.253 e. The first kappa shape index (κ1) is 14.6. The molecular formula is C17H18N6O. The monoisotopic (exact) mass is 322 g/mol. The molecule has 1 N–H and O–H groups in total. The minimum Gasteiger partial charge on any atom is -0.348 e. The molecule has 1 atom stereocenters. The smallest absolute Gasteiger partial charge is 0.253 e. The maximum atomic E-state index is 12.9. The molecule has 1 fully saturated rings. The second-order valence-corrected chi connectivity index (χ2v) is 5.98. The Morgan fingerprint density at radius 1 is 1.25 bits per heavy atom. The Balaban J connectivity index is 1.54. The van der Waals surface area contributed by atoms with Gasteiger partial charge in [-0.15, -0.1) is 10.2 Å². The standard InChI is InChI=1S/C17H18N6O/c24-17(13-3-1-5-15(9-13)23-11-20-21-12-23)22-8-2-4-14(10-22)16-18-6-7-19-16/h1,3,5-7,9,11-12,14H,2,4,8,10H2,(H,18,19). The lowest BCUT2D eigenvalue weighted by molar-refractivity contribution is 0.0705. The molecule has 2 aromatic heterocycles. The molecule has 0 radical (unpaired) electrons. The van der Waals surface area contributed by atoms with Crippen LogP contribution < -0.4 is 0 Å². The largest absolute Gasteiger partial charge is 0.348 e. The van der Waals surface area contributed by atoms with Crippen LogP contribution in [0.4, 0.5) is 0 Å². The molecule has 0 bridgehead atoms. The summed E-state index contributed by atoms with van der Waals surface area (Å²) in [6.07, 6.45) is 8.88. The molecule has 4 rings (SSSR count). The lowest BCUT2D eigenvalue weighted by Crippen LogP contribution is -2.39. The van der Waals surface area contributed by atoms with Crippen LogP contribution in [0.5, 0.6) is 0 Å². The van der Waals surface area contributed by atoms with Gasteiger partial charge in [-0.05, 0) is 31.0 Å². The first-order valence-electron chi connectivity index (χ1n) is 8.05. The number of aromatic amines is 1. The van der Waals surface area contributed by atoms with Crippen molar-refractivity contribution < 1.29 is 4.79 Å². The Bertz CT molecular complexity index is 811. The number of likely N-dealkylation sites (tertiary alicyclic amines) is 1. The van der Waals surface area contributed by atoms with Gasteiger partial charge in [-0.2, -0.15) is 0 Å². The van der Waals surface area contributed by atoms with Gasteiger partial charge in [0.05, 0.1) is 0 Å². The molecular weight excluding hydrogens is 304 g/mol. The zero-order valence-electron chi connectivity index (χ0n) is 13.2. The molecule has 0 aliphatic carbocycles. The van der Waals surface area contributed by atoms with Crippen LogP contribution in [0.1, 0.15) is 34.9 Å². The average molecular weight is 322 g/mol. The fraction of sp³-hybridized carbons (Fsp3) is 0.294. The number of rotatable bonds is 3. The zero-order chi connectivity index (χ0) is 16.4. The van der Waals surface area contributed by atoms with Crippen molar-refractivity contribution in [3.63, 3.8) is 0 Å². The van der Waals surface area contributed by atoms with Crippen molar-refractivity contribution in [3.8, 4) is 5.69 Å². The Hall–Kier alpha value is -2.96. The molecule has 1 aromatic carbocycles. The molecule has 0 spiro atoms. The van der Waals surface area contributed by atoms with Gasteiger partial charge in [0.1, 0.15) is 18.5 Å². The van der Waals surface area contributed by atoms with Gasteiger partial charge in [-0.1, -0.05) is 6.07 Å². The second-order valence-electron chi connectivity index (χ2n) is 5.98.